The van der Waals surface area contributed by atoms with Crippen LogP contribution in [0.2, 0.25) is 0 Å². The number of ether oxygens (including phenoxy) is 1. The highest BCUT2D eigenvalue weighted by Crippen LogP contribution is 2.18. The zero-order valence-electron chi connectivity index (χ0n) is 23.4. The van der Waals surface area contributed by atoms with Crippen molar-refractivity contribution in [2.45, 2.75) is 115 Å². The minimum atomic E-state index is -3.82. The van der Waals surface area contributed by atoms with Crippen LogP contribution in [0.3, 0.4) is 0 Å². The van der Waals surface area contributed by atoms with E-state index >= 15 is 0 Å². The van der Waals surface area contributed by atoms with Crippen LogP contribution in [-0.2, 0) is 26.0 Å². The SMILES string of the molecule is CC(C)(C)OC(=O)CCCCCCCCCCCCCc1ccc(S(=O)(=O)Nc2cnc(C(=O)O)nc2)cc1. The molecule has 0 aliphatic heterocycles. The van der Waals surface area contributed by atoms with Gasteiger partial charge in [-0.25, -0.2) is 23.2 Å². The van der Waals surface area contributed by atoms with Crippen molar-refractivity contribution < 1.29 is 27.9 Å². The molecule has 1 heterocycles. The van der Waals surface area contributed by atoms with Gasteiger partial charge in [-0.05, 0) is 57.7 Å². The first-order valence-electron chi connectivity index (χ1n) is 13.9. The lowest BCUT2D eigenvalue weighted by Gasteiger charge is -2.19. The van der Waals surface area contributed by atoms with Crippen molar-refractivity contribution in [1.82, 2.24) is 9.97 Å². The van der Waals surface area contributed by atoms with Crippen molar-refractivity contribution in [3.8, 4) is 0 Å². The van der Waals surface area contributed by atoms with Gasteiger partial charge in [0.25, 0.3) is 10.0 Å². The van der Waals surface area contributed by atoms with E-state index < -0.39 is 27.4 Å². The molecule has 10 heteroatoms. The Labute approximate surface area is 232 Å². The van der Waals surface area contributed by atoms with Crippen molar-refractivity contribution in [3.05, 3.63) is 48.0 Å². The Morgan fingerprint density at radius 3 is 1.79 bits per heavy atom. The number of carboxylic acid groups (broad SMARTS) is 1. The fourth-order valence-corrected chi connectivity index (χ4v) is 5.15. The Morgan fingerprint density at radius 2 is 1.31 bits per heavy atom. The van der Waals surface area contributed by atoms with Crippen LogP contribution in [-0.4, -0.2) is 41.0 Å². The largest absolute Gasteiger partial charge is 0.475 e. The summed E-state index contributed by atoms with van der Waals surface area (Å²) in [6.45, 7) is 5.69. The molecule has 39 heavy (non-hydrogen) atoms. The fourth-order valence-electron chi connectivity index (χ4n) is 4.12. The van der Waals surface area contributed by atoms with E-state index in [1.165, 1.54) is 44.9 Å². The van der Waals surface area contributed by atoms with E-state index in [1.807, 2.05) is 32.9 Å². The zero-order chi connectivity index (χ0) is 28.7. The Bertz CT molecular complexity index is 1130. The second-order valence-corrected chi connectivity index (χ2v) is 12.5. The number of aromatic carboxylic acids is 1. The predicted octanol–water partition coefficient (Wildman–Crippen LogP) is 6.54. The Morgan fingerprint density at radius 1 is 0.821 bits per heavy atom. The number of anilines is 1. The number of benzene rings is 1. The third kappa shape index (κ3) is 13.6. The first-order valence-corrected chi connectivity index (χ1v) is 15.3. The molecule has 0 saturated carbocycles. The van der Waals surface area contributed by atoms with Crippen molar-refractivity contribution in [1.29, 1.82) is 0 Å². The molecule has 9 nitrogen and oxygen atoms in total. The van der Waals surface area contributed by atoms with Crippen LogP contribution in [0.25, 0.3) is 0 Å². The van der Waals surface area contributed by atoms with Gasteiger partial charge in [0.2, 0.25) is 5.82 Å². The number of sulfonamides is 1. The lowest BCUT2D eigenvalue weighted by atomic mass is 10.0. The number of carboxylic acids is 1. The molecule has 0 unspecified atom stereocenters. The summed E-state index contributed by atoms with van der Waals surface area (Å²) in [5.41, 5.74) is 0.792. The standard InChI is InChI=1S/C29H43N3O6S/c1-29(2,3)38-26(33)16-14-12-10-8-6-4-5-7-9-11-13-15-23-17-19-25(20-18-23)39(36,37)32-24-21-30-27(28(34)35)31-22-24/h17-22,32H,4-16H2,1-3H3,(H,34,35). The van der Waals surface area contributed by atoms with Crippen LogP contribution in [0.15, 0.2) is 41.6 Å². The minimum absolute atomic E-state index is 0.0966. The summed E-state index contributed by atoms with van der Waals surface area (Å²) in [7, 11) is -3.82. The van der Waals surface area contributed by atoms with Gasteiger partial charge in [0, 0.05) is 6.42 Å². The number of carbonyl (C=O) groups excluding carboxylic acids is 1. The molecule has 0 bridgehead atoms. The summed E-state index contributed by atoms with van der Waals surface area (Å²) in [6.07, 6.45) is 16.5. The summed E-state index contributed by atoms with van der Waals surface area (Å²) in [4.78, 5) is 29.9. The highest BCUT2D eigenvalue weighted by molar-refractivity contribution is 7.92. The molecule has 2 rings (SSSR count). The van der Waals surface area contributed by atoms with Crippen LogP contribution in [0.1, 0.15) is 114 Å². The van der Waals surface area contributed by atoms with Gasteiger partial charge < -0.3 is 9.84 Å². The van der Waals surface area contributed by atoms with E-state index in [0.717, 1.165) is 50.1 Å². The van der Waals surface area contributed by atoms with Gasteiger partial charge in [-0.1, -0.05) is 69.9 Å². The topological polar surface area (TPSA) is 136 Å². The number of hydrogen-bond acceptors (Lipinski definition) is 7. The summed E-state index contributed by atoms with van der Waals surface area (Å²) >= 11 is 0. The van der Waals surface area contributed by atoms with Crippen LogP contribution in [0, 0.1) is 0 Å². The first kappa shape index (κ1) is 32.2. The highest BCUT2D eigenvalue weighted by Gasteiger charge is 2.16. The molecular weight excluding hydrogens is 518 g/mol. The molecule has 0 aliphatic rings. The number of nitrogens with zero attached hydrogens (tertiary/aromatic N) is 2. The van der Waals surface area contributed by atoms with E-state index in [1.54, 1.807) is 12.1 Å². The van der Waals surface area contributed by atoms with Gasteiger partial charge in [-0.3, -0.25) is 9.52 Å². The van der Waals surface area contributed by atoms with Gasteiger partial charge in [-0.2, -0.15) is 0 Å². The molecule has 0 aliphatic carbocycles. The van der Waals surface area contributed by atoms with Crippen molar-refractivity contribution in [2.24, 2.45) is 0 Å². The fraction of sp³-hybridized carbons (Fsp3) is 0.586. The lowest BCUT2D eigenvalue weighted by molar-refractivity contribution is -0.154. The van der Waals surface area contributed by atoms with Crippen molar-refractivity contribution in [2.75, 3.05) is 4.72 Å². The van der Waals surface area contributed by atoms with E-state index in [9.17, 15) is 18.0 Å². The molecule has 0 radical (unpaired) electrons. The molecule has 0 spiro atoms. The number of aromatic nitrogens is 2. The second kappa shape index (κ2) is 16.2. The van der Waals surface area contributed by atoms with E-state index in [4.69, 9.17) is 9.84 Å². The maximum absolute atomic E-state index is 12.6. The Balaban J connectivity index is 1.52. The molecule has 0 amide bonds. The van der Waals surface area contributed by atoms with Crippen molar-refractivity contribution in [3.63, 3.8) is 0 Å². The number of carbonyl (C=O) groups is 2. The number of nitrogens with one attached hydrogen (secondary N) is 1. The van der Waals surface area contributed by atoms with E-state index in [-0.39, 0.29) is 16.6 Å². The summed E-state index contributed by atoms with van der Waals surface area (Å²) in [5, 5.41) is 8.84. The number of rotatable bonds is 18. The summed E-state index contributed by atoms with van der Waals surface area (Å²) < 4.78 is 32.8. The molecule has 216 valence electrons. The van der Waals surface area contributed by atoms with Gasteiger partial charge in [0.05, 0.1) is 23.0 Å². The van der Waals surface area contributed by atoms with Crippen LogP contribution < -0.4 is 4.72 Å². The molecule has 0 atom stereocenters. The summed E-state index contributed by atoms with van der Waals surface area (Å²) in [6, 6.07) is 6.79. The molecule has 1 aromatic heterocycles. The Hall–Kier alpha value is -3.01. The zero-order valence-corrected chi connectivity index (χ0v) is 24.3. The molecular formula is C29H43N3O6S. The van der Waals surface area contributed by atoms with Crippen molar-refractivity contribution >= 4 is 27.6 Å². The maximum Gasteiger partial charge on any atom is 0.373 e. The van der Waals surface area contributed by atoms with Crippen LogP contribution in [0.4, 0.5) is 5.69 Å². The van der Waals surface area contributed by atoms with E-state index in [0.29, 0.717) is 6.42 Å². The molecule has 2 aromatic rings. The van der Waals surface area contributed by atoms with Crippen LogP contribution >= 0.6 is 0 Å². The average Bonchev–Trinajstić information content (AvgIpc) is 2.86. The second-order valence-electron chi connectivity index (χ2n) is 10.8. The van der Waals surface area contributed by atoms with Gasteiger partial charge in [-0.15, -0.1) is 0 Å². The highest BCUT2D eigenvalue weighted by atomic mass is 32.2. The third-order valence-corrected chi connectivity index (χ3v) is 7.49. The van der Waals surface area contributed by atoms with Gasteiger partial charge >= 0.3 is 11.9 Å². The third-order valence-electron chi connectivity index (χ3n) is 6.10. The number of aryl methyl sites for hydroxylation is 1. The van der Waals surface area contributed by atoms with E-state index in [2.05, 4.69) is 14.7 Å². The quantitative estimate of drug-likeness (QED) is 0.155. The summed E-state index contributed by atoms with van der Waals surface area (Å²) in [5.74, 6) is -1.78. The van der Waals surface area contributed by atoms with Gasteiger partial charge in [0.15, 0.2) is 0 Å². The van der Waals surface area contributed by atoms with Gasteiger partial charge in [0.1, 0.15) is 5.60 Å². The smallest absolute Gasteiger partial charge is 0.373 e. The first-order chi connectivity index (χ1) is 18.5. The average molecular weight is 562 g/mol. The Kier molecular flexibility index (Phi) is 13.4. The number of hydrogen-bond donors (Lipinski definition) is 2. The normalized spacial score (nSPS) is 11.8. The minimum Gasteiger partial charge on any atom is -0.475 e. The monoisotopic (exact) mass is 561 g/mol. The number of esters is 1. The lowest BCUT2D eigenvalue weighted by Crippen LogP contribution is -2.23. The number of unbranched alkanes of at least 4 members (excludes halogenated alkanes) is 10. The molecule has 2 N–H and O–H groups in total. The predicted molar refractivity (Wildman–Crippen MR) is 151 cm³/mol. The maximum atomic E-state index is 12.6. The molecule has 0 saturated heterocycles. The molecule has 0 fully saturated rings. The molecule has 1 aromatic carbocycles. The van der Waals surface area contributed by atoms with Crippen LogP contribution in [0.5, 0.6) is 0 Å².